The van der Waals surface area contributed by atoms with Gasteiger partial charge in [0.05, 0.1) is 10.8 Å². The Morgan fingerprint density at radius 2 is 2.10 bits per heavy atom. The van der Waals surface area contributed by atoms with Gasteiger partial charge in [-0.15, -0.1) is 0 Å². The van der Waals surface area contributed by atoms with Gasteiger partial charge in [0.15, 0.2) is 0 Å². The van der Waals surface area contributed by atoms with Crippen molar-refractivity contribution in [3.63, 3.8) is 0 Å². The van der Waals surface area contributed by atoms with Crippen LogP contribution in [0.15, 0.2) is 24.3 Å². The van der Waals surface area contributed by atoms with Gasteiger partial charge in [0.1, 0.15) is 11.6 Å². The van der Waals surface area contributed by atoms with Crippen LogP contribution < -0.4 is 4.74 Å². The zero-order valence-corrected chi connectivity index (χ0v) is 12.0. The third-order valence-corrected chi connectivity index (χ3v) is 6.02. The molecule has 3 rings (SSSR count). The maximum absolute atomic E-state index is 14.1. The van der Waals surface area contributed by atoms with Crippen molar-refractivity contribution in [3.8, 4) is 5.75 Å². The molecule has 1 fully saturated rings. The number of hydrogen-bond acceptors (Lipinski definition) is 2. The van der Waals surface area contributed by atoms with E-state index in [0.29, 0.717) is 12.0 Å². The van der Waals surface area contributed by atoms with Crippen molar-refractivity contribution in [2.45, 2.75) is 42.8 Å². The second-order valence-corrected chi connectivity index (χ2v) is 7.24. The summed E-state index contributed by atoms with van der Waals surface area (Å²) in [5.74, 6) is -0.729. The fourth-order valence-corrected chi connectivity index (χ4v) is 5.03. The zero-order chi connectivity index (χ0) is 15.0. The van der Waals surface area contributed by atoms with Crippen LogP contribution in [0.4, 0.5) is 13.2 Å². The molecule has 2 aliphatic rings. The summed E-state index contributed by atoms with van der Waals surface area (Å²) in [6.07, 6.45) is 4.86. The molecule has 114 valence electrons. The van der Waals surface area contributed by atoms with Gasteiger partial charge in [0.2, 0.25) is 0 Å². The van der Waals surface area contributed by atoms with Crippen LogP contribution in [0, 0.1) is 5.82 Å². The van der Waals surface area contributed by atoms with Crippen molar-refractivity contribution in [2.24, 2.45) is 0 Å². The number of rotatable bonds is 3. The van der Waals surface area contributed by atoms with Crippen molar-refractivity contribution in [1.82, 2.24) is 0 Å². The lowest BCUT2D eigenvalue weighted by atomic mass is 9.92. The smallest absolute Gasteiger partial charge is 0.387 e. The number of alkyl halides is 2. The molecule has 3 unspecified atom stereocenters. The Bertz CT molecular complexity index is 601. The Hall–Kier alpha value is -1.30. The fourth-order valence-electron chi connectivity index (χ4n) is 3.09. The van der Waals surface area contributed by atoms with Gasteiger partial charge in [-0.1, -0.05) is 18.6 Å². The van der Waals surface area contributed by atoms with Gasteiger partial charge in [0, 0.05) is 16.0 Å². The standard InChI is InChI=1S/C15H15F3O2S/c16-12-5-2-6-13(20-15(17)18)14(12)9-7-10-3-1-4-11(8-9)21(10)19/h2,5-7,10-11,15H,1,3-4,8H2. The Morgan fingerprint density at radius 1 is 1.29 bits per heavy atom. The van der Waals surface area contributed by atoms with E-state index in [4.69, 9.17) is 0 Å². The summed E-state index contributed by atoms with van der Waals surface area (Å²) in [5.41, 5.74) is 0.726. The summed E-state index contributed by atoms with van der Waals surface area (Å²) < 4.78 is 55.7. The van der Waals surface area contributed by atoms with E-state index in [0.717, 1.165) is 19.3 Å². The van der Waals surface area contributed by atoms with Crippen molar-refractivity contribution in [1.29, 1.82) is 0 Å². The highest BCUT2D eigenvalue weighted by atomic mass is 32.2. The van der Waals surface area contributed by atoms with Crippen LogP contribution in [0.1, 0.15) is 31.2 Å². The Labute approximate surface area is 123 Å². The minimum Gasteiger partial charge on any atom is -0.434 e. The zero-order valence-electron chi connectivity index (χ0n) is 11.2. The third-order valence-electron chi connectivity index (χ3n) is 3.99. The van der Waals surface area contributed by atoms with Crippen molar-refractivity contribution in [3.05, 3.63) is 35.7 Å². The molecule has 1 saturated heterocycles. The molecule has 0 aliphatic carbocycles. The molecule has 0 N–H and O–H groups in total. The second kappa shape index (κ2) is 5.83. The lowest BCUT2D eigenvalue weighted by Crippen LogP contribution is -2.33. The van der Waals surface area contributed by atoms with E-state index in [9.17, 15) is 17.4 Å². The van der Waals surface area contributed by atoms with Gasteiger partial charge < -0.3 is 4.74 Å². The minimum absolute atomic E-state index is 0.0113. The summed E-state index contributed by atoms with van der Waals surface area (Å²) in [6.45, 7) is -3.00. The molecule has 0 saturated carbocycles. The van der Waals surface area contributed by atoms with E-state index in [1.165, 1.54) is 18.2 Å². The first-order valence-corrected chi connectivity index (χ1v) is 8.17. The molecule has 0 aromatic heterocycles. The first-order chi connectivity index (χ1) is 10.1. The lowest BCUT2D eigenvalue weighted by Gasteiger charge is -2.33. The number of allylic oxidation sites excluding steroid dienone is 1. The Balaban J connectivity index is 2.02. The van der Waals surface area contributed by atoms with Crippen LogP contribution in [-0.2, 0) is 10.8 Å². The first kappa shape index (κ1) is 14.6. The summed E-state index contributed by atoms with van der Waals surface area (Å²) >= 11 is 0. The first-order valence-electron chi connectivity index (χ1n) is 6.90. The molecule has 0 radical (unpaired) electrons. The summed E-state index contributed by atoms with van der Waals surface area (Å²) in [4.78, 5) is 0. The van der Waals surface area contributed by atoms with Crippen LogP contribution in [-0.4, -0.2) is 21.3 Å². The number of hydrogen-bond donors (Lipinski definition) is 0. The van der Waals surface area contributed by atoms with Crippen molar-refractivity contribution in [2.75, 3.05) is 0 Å². The summed E-state index contributed by atoms with van der Waals surface area (Å²) in [7, 11) is -0.942. The average Bonchev–Trinajstić information content (AvgIpc) is 2.38. The fraction of sp³-hybridized carbons (Fsp3) is 0.467. The van der Waals surface area contributed by atoms with Crippen molar-refractivity contribution < 1.29 is 22.1 Å². The molecule has 1 aromatic rings. The molecule has 0 amide bonds. The van der Waals surface area contributed by atoms with Gasteiger partial charge in [-0.2, -0.15) is 8.78 Å². The van der Waals surface area contributed by atoms with E-state index in [-0.39, 0.29) is 21.8 Å². The molecule has 0 spiro atoms. The summed E-state index contributed by atoms with van der Waals surface area (Å²) in [5, 5.41) is -0.116. The monoisotopic (exact) mass is 316 g/mol. The number of ether oxygens (including phenoxy) is 1. The lowest BCUT2D eigenvalue weighted by molar-refractivity contribution is -0.0502. The number of fused-ring (bicyclic) bond motifs is 2. The van der Waals surface area contributed by atoms with E-state index >= 15 is 0 Å². The molecular formula is C15H15F3O2S. The highest BCUT2D eigenvalue weighted by Crippen LogP contribution is 2.40. The van der Waals surface area contributed by atoms with E-state index < -0.39 is 23.2 Å². The number of benzene rings is 1. The van der Waals surface area contributed by atoms with Crippen LogP contribution in [0.25, 0.3) is 5.57 Å². The molecule has 2 aliphatic heterocycles. The molecule has 6 heteroatoms. The Morgan fingerprint density at radius 3 is 2.81 bits per heavy atom. The quantitative estimate of drug-likeness (QED) is 0.846. The highest BCUT2D eigenvalue weighted by molar-refractivity contribution is 7.86. The number of halogens is 3. The Kier molecular flexibility index (Phi) is 4.06. The van der Waals surface area contributed by atoms with Gasteiger partial charge in [-0.3, -0.25) is 4.21 Å². The molecule has 2 bridgehead atoms. The van der Waals surface area contributed by atoms with Crippen LogP contribution in [0.5, 0.6) is 5.75 Å². The third kappa shape index (κ3) is 2.86. The van der Waals surface area contributed by atoms with Gasteiger partial charge in [0.25, 0.3) is 0 Å². The highest BCUT2D eigenvalue weighted by Gasteiger charge is 2.35. The van der Waals surface area contributed by atoms with Crippen LogP contribution in [0.3, 0.4) is 0 Å². The SMILES string of the molecule is O=S1C2C=C(c3c(F)cccc3OC(F)F)CC1CCC2. The molecule has 1 aromatic carbocycles. The predicted octanol–water partition coefficient (Wildman–Crippen LogP) is 3.88. The molecule has 2 heterocycles. The normalized spacial score (nSPS) is 28.4. The van der Waals surface area contributed by atoms with Gasteiger partial charge >= 0.3 is 6.61 Å². The largest absolute Gasteiger partial charge is 0.434 e. The second-order valence-electron chi connectivity index (χ2n) is 5.31. The molecule has 21 heavy (non-hydrogen) atoms. The van der Waals surface area contributed by atoms with E-state index in [1.54, 1.807) is 6.08 Å². The maximum atomic E-state index is 14.1. The molecule has 2 nitrogen and oxygen atoms in total. The topological polar surface area (TPSA) is 26.3 Å². The summed E-state index contributed by atoms with van der Waals surface area (Å²) in [6, 6.07) is 3.92. The van der Waals surface area contributed by atoms with Crippen LogP contribution in [0.2, 0.25) is 0 Å². The van der Waals surface area contributed by atoms with Gasteiger partial charge in [-0.25, -0.2) is 4.39 Å². The van der Waals surface area contributed by atoms with Gasteiger partial charge in [-0.05, 0) is 37.0 Å². The molecular weight excluding hydrogens is 301 g/mol. The maximum Gasteiger partial charge on any atom is 0.387 e. The molecule has 3 atom stereocenters. The average molecular weight is 316 g/mol. The van der Waals surface area contributed by atoms with E-state index in [2.05, 4.69) is 4.74 Å². The predicted molar refractivity (Wildman–Crippen MR) is 75.2 cm³/mol. The van der Waals surface area contributed by atoms with Crippen molar-refractivity contribution >= 4 is 16.4 Å². The van der Waals surface area contributed by atoms with Crippen LogP contribution >= 0.6 is 0 Å². The van der Waals surface area contributed by atoms with E-state index in [1.807, 2.05) is 0 Å². The minimum atomic E-state index is -3.00.